The van der Waals surface area contributed by atoms with Crippen molar-refractivity contribution in [3.05, 3.63) is 29.8 Å². The fraction of sp³-hybridized carbons (Fsp3) is 0.385. The van der Waals surface area contributed by atoms with Gasteiger partial charge in [0.05, 0.1) is 0 Å². The predicted molar refractivity (Wildman–Crippen MR) is 61.5 cm³/mol. The summed E-state index contributed by atoms with van der Waals surface area (Å²) in [7, 11) is 0. The third-order valence-electron chi connectivity index (χ3n) is 2.35. The van der Waals surface area contributed by atoms with Gasteiger partial charge in [0.2, 0.25) is 0 Å². The summed E-state index contributed by atoms with van der Waals surface area (Å²) in [4.78, 5) is 22.3. The van der Waals surface area contributed by atoms with Crippen molar-refractivity contribution >= 4 is 11.8 Å². The highest BCUT2D eigenvalue weighted by atomic mass is 16.5. The van der Waals surface area contributed by atoms with Gasteiger partial charge in [-0.05, 0) is 37.1 Å². The molecule has 0 spiro atoms. The molecule has 0 N–H and O–H groups in total. The van der Waals surface area contributed by atoms with Crippen LogP contribution in [0.4, 0.5) is 0 Å². The Morgan fingerprint density at radius 2 is 1.75 bits per heavy atom. The molecule has 0 atom stereocenters. The molecule has 1 aromatic rings. The summed E-state index contributed by atoms with van der Waals surface area (Å²) >= 11 is 0. The molecular formula is C13H16O3. The van der Waals surface area contributed by atoms with Gasteiger partial charge in [0.25, 0.3) is 0 Å². The van der Waals surface area contributed by atoms with E-state index in [-0.39, 0.29) is 25.1 Å². The Kier molecular flexibility index (Phi) is 3.82. The molecule has 3 nitrogen and oxygen atoms in total. The van der Waals surface area contributed by atoms with Crippen LogP contribution in [0.1, 0.15) is 37.6 Å². The first-order valence-electron chi connectivity index (χ1n) is 4.99. The van der Waals surface area contributed by atoms with Crippen LogP contribution in [0.2, 0.25) is 0 Å². The second-order valence-electron chi connectivity index (χ2n) is 3.76. The molecule has 0 heterocycles. The molecule has 0 unspecified atom stereocenters. The van der Waals surface area contributed by atoms with Crippen molar-refractivity contribution in [3.8, 4) is 5.75 Å². The Labute approximate surface area is 95.4 Å². The molecule has 1 fully saturated rings. The van der Waals surface area contributed by atoms with Gasteiger partial charge in [0, 0.05) is 18.4 Å². The standard InChI is InChI=1S/C12H12O3.CH4/c1-8(13)15-11-6-4-10(5-7-11)12(14)9-2-3-9;/h4-7,9H,2-3H2,1H3;1H4. The highest BCUT2D eigenvalue weighted by molar-refractivity contribution is 5.99. The van der Waals surface area contributed by atoms with Gasteiger partial charge < -0.3 is 4.74 Å². The van der Waals surface area contributed by atoms with Crippen molar-refractivity contribution in [3.63, 3.8) is 0 Å². The quantitative estimate of drug-likeness (QED) is 0.447. The second kappa shape index (κ2) is 4.92. The average molecular weight is 220 g/mol. The number of carbonyl (C=O) groups excluding carboxylic acids is 2. The van der Waals surface area contributed by atoms with Gasteiger partial charge in [-0.25, -0.2) is 0 Å². The highest BCUT2D eigenvalue weighted by Gasteiger charge is 2.30. The zero-order chi connectivity index (χ0) is 10.8. The van der Waals surface area contributed by atoms with Crippen LogP contribution in [-0.2, 0) is 4.79 Å². The van der Waals surface area contributed by atoms with E-state index in [0.717, 1.165) is 12.8 Å². The zero-order valence-electron chi connectivity index (χ0n) is 8.53. The van der Waals surface area contributed by atoms with Crippen molar-refractivity contribution in [2.45, 2.75) is 27.2 Å². The molecule has 0 saturated heterocycles. The molecule has 3 heteroatoms. The van der Waals surface area contributed by atoms with Gasteiger partial charge in [0.15, 0.2) is 5.78 Å². The number of hydrogen-bond acceptors (Lipinski definition) is 3. The van der Waals surface area contributed by atoms with E-state index >= 15 is 0 Å². The second-order valence-corrected chi connectivity index (χ2v) is 3.76. The number of ether oxygens (including phenoxy) is 1. The fourth-order valence-electron chi connectivity index (χ4n) is 1.43. The molecule has 0 aromatic heterocycles. The molecule has 0 radical (unpaired) electrons. The minimum atomic E-state index is -0.351. The lowest BCUT2D eigenvalue weighted by atomic mass is 10.1. The lowest BCUT2D eigenvalue weighted by Gasteiger charge is -2.02. The highest BCUT2D eigenvalue weighted by Crippen LogP contribution is 2.32. The van der Waals surface area contributed by atoms with Gasteiger partial charge in [0.1, 0.15) is 5.75 Å². The number of Topliss-reactive ketones (excluding diaryl/α,β-unsaturated/α-hetero) is 1. The van der Waals surface area contributed by atoms with Gasteiger partial charge >= 0.3 is 5.97 Å². The van der Waals surface area contributed by atoms with E-state index in [0.29, 0.717) is 11.3 Å². The Balaban J connectivity index is 0.00000128. The van der Waals surface area contributed by atoms with Gasteiger partial charge in [-0.3, -0.25) is 9.59 Å². The Hall–Kier alpha value is -1.64. The summed E-state index contributed by atoms with van der Waals surface area (Å²) < 4.78 is 4.87. The van der Waals surface area contributed by atoms with Crippen molar-refractivity contribution in [2.24, 2.45) is 5.92 Å². The number of benzene rings is 1. The van der Waals surface area contributed by atoms with E-state index < -0.39 is 0 Å². The molecule has 0 amide bonds. The SMILES string of the molecule is C.CC(=O)Oc1ccc(C(=O)C2CC2)cc1. The molecule has 1 aliphatic carbocycles. The van der Waals surface area contributed by atoms with Crippen LogP contribution in [0.15, 0.2) is 24.3 Å². The van der Waals surface area contributed by atoms with Crippen LogP contribution in [0, 0.1) is 5.92 Å². The first-order valence-corrected chi connectivity index (χ1v) is 4.99. The number of carbonyl (C=O) groups is 2. The number of hydrogen-bond donors (Lipinski definition) is 0. The summed E-state index contributed by atoms with van der Waals surface area (Å²) in [5.74, 6) is 0.556. The monoisotopic (exact) mass is 220 g/mol. The number of ketones is 1. The van der Waals surface area contributed by atoms with Crippen LogP contribution in [0.25, 0.3) is 0 Å². The maximum absolute atomic E-state index is 11.6. The van der Waals surface area contributed by atoms with E-state index in [1.165, 1.54) is 6.92 Å². The molecule has 16 heavy (non-hydrogen) atoms. The third-order valence-corrected chi connectivity index (χ3v) is 2.35. The van der Waals surface area contributed by atoms with Crippen LogP contribution < -0.4 is 4.74 Å². The summed E-state index contributed by atoms with van der Waals surface area (Å²) in [6.45, 7) is 1.35. The maximum Gasteiger partial charge on any atom is 0.308 e. The molecule has 1 aromatic carbocycles. The molecule has 1 aliphatic rings. The maximum atomic E-state index is 11.6. The smallest absolute Gasteiger partial charge is 0.308 e. The van der Waals surface area contributed by atoms with E-state index in [2.05, 4.69) is 0 Å². The van der Waals surface area contributed by atoms with E-state index in [1.54, 1.807) is 24.3 Å². The van der Waals surface area contributed by atoms with Crippen molar-refractivity contribution < 1.29 is 14.3 Å². The first-order chi connectivity index (χ1) is 7.16. The first kappa shape index (κ1) is 12.4. The van der Waals surface area contributed by atoms with Crippen LogP contribution >= 0.6 is 0 Å². The Bertz CT molecular complexity index is 388. The molecule has 2 rings (SSSR count). The molecule has 0 aliphatic heterocycles. The number of esters is 1. The summed E-state index contributed by atoms with van der Waals surface area (Å²) in [6, 6.07) is 6.71. The molecule has 0 bridgehead atoms. The Morgan fingerprint density at radius 3 is 2.19 bits per heavy atom. The largest absolute Gasteiger partial charge is 0.427 e. The minimum Gasteiger partial charge on any atom is -0.427 e. The average Bonchev–Trinajstić information content (AvgIpc) is 3.00. The Morgan fingerprint density at radius 1 is 1.19 bits per heavy atom. The van der Waals surface area contributed by atoms with Crippen molar-refractivity contribution in [1.82, 2.24) is 0 Å². The minimum absolute atomic E-state index is 0. The number of rotatable bonds is 3. The van der Waals surface area contributed by atoms with Crippen LogP contribution in [0.3, 0.4) is 0 Å². The van der Waals surface area contributed by atoms with E-state index in [4.69, 9.17) is 4.74 Å². The van der Waals surface area contributed by atoms with Crippen LogP contribution in [-0.4, -0.2) is 11.8 Å². The van der Waals surface area contributed by atoms with Crippen LogP contribution in [0.5, 0.6) is 5.75 Å². The zero-order valence-corrected chi connectivity index (χ0v) is 8.53. The third kappa shape index (κ3) is 2.92. The van der Waals surface area contributed by atoms with Gasteiger partial charge in [-0.15, -0.1) is 0 Å². The predicted octanol–water partition coefficient (Wildman–Crippen LogP) is 2.84. The molecule has 86 valence electrons. The normalized spacial score (nSPS) is 13.8. The lowest BCUT2D eigenvalue weighted by molar-refractivity contribution is -0.131. The van der Waals surface area contributed by atoms with Gasteiger partial charge in [-0.1, -0.05) is 7.43 Å². The molecular weight excluding hydrogens is 204 g/mol. The molecule has 1 saturated carbocycles. The summed E-state index contributed by atoms with van der Waals surface area (Å²) in [5.41, 5.74) is 0.702. The topological polar surface area (TPSA) is 43.4 Å². The van der Waals surface area contributed by atoms with Crippen molar-refractivity contribution in [2.75, 3.05) is 0 Å². The summed E-state index contributed by atoms with van der Waals surface area (Å²) in [6.07, 6.45) is 2.01. The van der Waals surface area contributed by atoms with Crippen molar-refractivity contribution in [1.29, 1.82) is 0 Å². The fourth-order valence-corrected chi connectivity index (χ4v) is 1.43. The van der Waals surface area contributed by atoms with E-state index in [9.17, 15) is 9.59 Å². The summed E-state index contributed by atoms with van der Waals surface area (Å²) in [5, 5.41) is 0. The van der Waals surface area contributed by atoms with E-state index in [1.807, 2.05) is 0 Å². The lowest BCUT2D eigenvalue weighted by Crippen LogP contribution is -2.03. The van der Waals surface area contributed by atoms with Gasteiger partial charge in [-0.2, -0.15) is 0 Å².